The van der Waals surface area contributed by atoms with Crippen molar-refractivity contribution in [2.75, 3.05) is 31.0 Å². The molecule has 22 heteroatoms. The van der Waals surface area contributed by atoms with E-state index in [9.17, 15) is 32.4 Å². The smallest absolute Gasteiger partial charge is 0.356 e. The number of thioether (sulfide) groups is 2. The molecule has 382 valence electrons. The minimum atomic E-state index is -3.61. The Morgan fingerprint density at radius 2 is 1.43 bits per heavy atom. The number of benzene rings is 5. The maximum absolute atomic E-state index is 14.7. The predicted molar refractivity (Wildman–Crippen MR) is 288 cm³/mol. The first-order chi connectivity index (χ1) is 36.4. The molecule has 4 heterocycles. The Kier molecular flexibility index (Phi) is 16.0. The molecule has 2 amide bonds. The number of sulfonamides is 1. The number of hydrogen-bond acceptors (Lipinski definition) is 16. The summed E-state index contributed by atoms with van der Waals surface area (Å²) >= 11 is 3.46. The average Bonchev–Trinajstić information content (AvgIpc) is 3.91. The number of fused-ring (bicyclic) bond motifs is 1. The van der Waals surface area contributed by atoms with Crippen molar-refractivity contribution in [3.05, 3.63) is 234 Å². The largest absolute Gasteiger partial charge is 0.448 e. The van der Waals surface area contributed by atoms with E-state index >= 15 is 0 Å². The number of allylic oxidation sites excluding steroid dienone is 1. The first-order valence-electron chi connectivity index (χ1n) is 23.1. The number of hydrogen-bond donors (Lipinski definition) is 4. The van der Waals surface area contributed by atoms with Crippen LogP contribution in [0.4, 0.5) is 5.13 Å². The van der Waals surface area contributed by atoms with Crippen LogP contribution in [0.3, 0.4) is 0 Å². The SMILES string of the molecule is CO/N=C(/C(=O)NC1C(=O)N2C(C(=O)OC(c3ccccc3)c3ccccc3)=C(/C=C/Sc3n[nH]c(=O)c(=O)n3CCNS(C)(=O)=O)CSC12)c1csc(NC(c2ccccc2)(c2ccccc2)c2ccccc2)n1. The number of nitrogens with zero attached hydrogens (tertiary/aromatic N) is 5. The van der Waals surface area contributed by atoms with Gasteiger partial charge in [-0.3, -0.25) is 28.6 Å². The van der Waals surface area contributed by atoms with Gasteiger partial charge in [-0.25, -0.2) is 28.0 Å². The van der Waals surface area contributed by atoms with E-state index in [2.05, 4.69) is 30.7 Å². The quantitative estimate of drug-likeness (QED) is 0.0131. The summed E-state index contributed by atoms with van der Waals surface area (Å²) in [5.74, 6) is -2.03. The number of esters is 1. The van der Waals surface area contributed by atoms with Crippen LogP contribution >= 0.6 is 34.9 Å². The van der Waals surface area contributed by atoms with Gasteiger partial charge in [-0.1, -0.05) is 169 Å². The number of nitrogens with one attached hydrogen (secondary N) is 4. The number of carbonyl (C=O) groups excluding carboxylic acids is 3. The molecule has 1 fully saturated rings. The highest BCUT2D eigenvalue weighted by molar-refractivity contribution is 8.02. The summed E-state index contributed by atoms with van der Waals surface area (Å²) in [6.07, 6.45) is 1.65. The maximum atomic E-state index is 14.7. The molecular formula is C53H47N9O9S4. The second kappa shape index (κ2) is 23.1. The molecule has 0 radical (unpaired) electrons. The van der Waals surface area contributed by atoms with Crippen molar-refractivity contribution < 1.29 is 32.4 Å². The monoisotopic (exact) mass is 1080 g/mol. The van der Waals surface area contributed by atoms with Gasteiger partial charge in [0.15, 0.2) is 22.1 Å². The summed E-state index contributed by atoms with van der Waals surface area (Å²) in [6.45, 7) is -0.403. The lowest BCUT2D eigenvalue weighted by Crippen LogP contribution is -2.71. The van der Waals surface area contributed by atoms with E-state index in [1.807, 2.05) is 152 Å². The maximum Gasteiger partial charge on any atom is 0.356 e. The van der Waals surface area contributed by atoms with E-state index in [1.54, 1.807) is 11.5 Å². The highest BCUT2D eigenvalue weighted by atomic mass is 32.2. The Morgan fingerprint density at radius 1 is 0.867 bits per heavy atom. The minimum Gasteiger partial charge on any atom is -0.448 e. The first kappa shape index (κ1) is 52.0. The Morgan fingerprint density at radius 3 is 1.97 bits per heavy atom. The number of aromatic nitrogens is 4. The third-order valence-corrected chi connectivity index (χ3v) is 15.6. The molecule has 2 unspecified atom stereocenters. The van der Waals surface area contributed by atoms with Gasteiger partial charge >= 0.3 is 17.1 Å². The molecule has 18 nitrogen and oxygen atoms in total. The molecule has 2 atom stereocenters. The summed E-state index contributed by atoms with van der Waals surface area (Å²) in [7, 11) is -2.31. The summed E-state index contributed by atoms with van der Waals surface area (Å²) < 4.78 is 33.1. The van der Waals surface area contributed by atoms with Crippen molar-refractivity contribution in [2.24, 2.45) is 5.16 Å². The van der Waals surface area contributed by atoms with Gasteiger partial charge < -0.3 is 20.2 Å². The zero-order valence-electron chi connectivity index (χ0n) is 40.1. The summed E-state index contributed by atoms with van der Waals surface area (Å²) in [5.41, 5.74) is 1.59. The van der Waals surface area contributed by atoms with Crippen LogP contribution in [0.1, 0.15) is 39.6 Å². The number of β-lactam (4-membered cyclic amide) rings is 1. The van der Waals surface area contributed by atoms with Gasteiger partial charge in [-0.15, -0.1) is 28.2 Å². The van der Waals surface area contributed by atoms with Crippen molar-refractivity contribution >= 4 is 73.5 Å². The van der Waals surface area contributed by atoms with Crippen LogP contribution in [0.25, 0.3) is 0 Å². The van der Waals surface area contributed by atoms with Gasteiger partial charge in [-0.2, -0.15) is 0 Å². The molecule has 0 saturated carbocycles. The Bertz CT molecular complexity index is 3390. The highest BCUT2D eigenvalue weighted by Gasteiger charge is 2.55. The number of ether oxygens (including phenoxy) is 1. The van der Waals surface area contributed by atoms with Crippen molar-refractivity contribution in [3.8, 4) is 0 Å². The topological polar surface area (TPSA) is 236 Å². The van der Waals surface area contributed by atoms with Crippen molar-refractivity contribution in [3.63, 3.8) is 0 Å². The number of rotatable bonds is 20. The lowest BCUT2D eigenvalue weighted by Gasteiger charge is -2.49. The van der Waals surface area contributed by atoms with Gasteiger partial charge in [-0.05, 0) is 44.9 Å². The molecule has 7 aromatic rings. The fourth-order valence-corrected chi connectivity index (χ4v) is 11.9. The third kappa shape index (κ3) is 11.4. The average molecular weight is 1080 g/mol. The normalized spacial score (nSPS) is 15.9. The zero-order valence-corrected chi connectivity index (χ0v) is 43.3. The molecule has 9 rings (SSSR count). The lowest BCUT2D eigenvalue weighted by molar-refractivity contribution is -0.154. The molecule has 0 aliphatic carbocycles. The van der Waals surface area contributed by atoms with Crippen LogP contribution in [-0.2, 0) is 46.1 Å². The van der Waals surface area contributed by atoms with Gasteiger partial charge in [0.1, 0.15) is 35.5 Å². The molecule has 75 heavy (non-hydrogen) atoms. The standard InChI is InChI=1S/C53H47N9O9S4/c1-70-60-41(40-33-74-51(55-40)57-53(37-22-12-5-13-23-37,38-24-14-6-15-25-38)39-26-16-7-17-27-39)45(63)56-42-47(65)62-43(50(67)71-44(34-18-8-3-9-19-34)35-20-10-4-11-21-35)36(32-73-49(42)62)28-31-72-52-59-58-46(64)48(66)61(52)30-29-54-75(2,68)69/h3-28,31,33,42,44,49,54H,29-30,32H2,1-2H3,(H,55,57)(H,56,63)(H,58,64)/b31-28+,60-41+. The van der Waals surface area contributed by atoms with Crippen LogP contribution in [0, 0.1) is 0 Å². The van der Waals surface area contributed by atoms with E-state index in [0.717, 1.165) is 39.3 Å². The van der Waals surface area contributed by atoms with Crippen molar-refractivity contribution in [1.82, 2.24) is 34.7 Å². The molecule has 0 bridgehead atoms. The van der Waals surface area contributed by atoms with Gasteiger partial charge in [0, 0.05) is 24.2 Å². The second-order valence-corrected chi connectivity index (χ2v) is 21.5. The summed E-state index contributed by atoms with van der Waals surface area (Å²) in [5, 5.41) is 19.7. The Balaban J connectivity index is 1.00. The van der Waals surface area contributed by atoms with Gasteiger partial charge in [0.05, 0.1) is 6.26 Å². The van der Waals surface area contributed by atoms with E-state index in [0.29, 0.717) is 21.8 Å². The van der Waals surface area contributed by atoms with Crippen molar-refractivity contribution in [1.29, 1.82) is 0 Å². The molecule has 4 N–H and O–H groups in total. The van der Waals surface area contributed by atoms with E-state index in [-0.39, 0.29) is 41.1 Å². The molecule has 2 aliphatic heterocycles. The van der Waals surface area contributed by atoms with Gasteiger partial charge in [0.25, 0.3) is 11.8 Å². The summed E-state index contributed by atoms with van der Waals surface area (Å²) in [6, 6.07) is 47.0. The molecule has 0 spiro atoms. The van der Waals surface area contributed by atoms with Crippen LogP contribution < -0.4 is 26.5 Å². The molecule has 2 aliphatic rings. The number of thiazole rings is 1. The van der Waals surface area contributed by atoms with E-state index < -0.39 is 62.0 Å². The predicted octanol–water partition coefficient (Wildman–Crippen LogP) is 5.98. The molecular weight excluding hydrogens is 1030 g/mol. The number of H-pyrrole nitrogens is 1. The lowest BCUT2D eigenvalue weighted by atomic mass is 9.77. The van der Waals surface area contributed by atoms with Crippen LogP contribution in [0.5, 0.6) is 0 Å². The fourth-order valence-electron chi connectivity index (χ4n) is 8.62. The van der Waals surface area contributed by atoms with Crippen LogP contribution in [0.2, 0.25) is 0 Å². The minimum absolute atomic E-state index is 0.0210. The number of carbonyl (C=O) groups is 3. The van der Waals surface area contributed by atoms with E-state index in [1.165, 1.54) is 40.5 Å². The summed E-state index contributed by atoms with van der Waals surface area (Å²) in [4.78, 5) is 80.0. The van der Waals surface area contributed by atoms with E-state index in [4.69, 9.17) is 14.6 Å². The number of aromatic amines is 1. The Hall–Kier alpha value is -7.89. The van der Waals surface area contributed by atoms with Crippen LogP contribution in [0.15, 0.2) is 200 Å². The molecule has 1 saturated heterocycles. The Labute approximate surface area is 443 Å². The molecule has 5 aromatic carbocycles. The third-order valence-electron chi connectivity index (χ3n) is 12.0. The number of amides is 2. The van der Waals surface area contributed by atoms with Crippen molar-refractivity contribution in [2.45, 2.75) is 34.8 Å². The molecule has 2 aromatic heterocycles. The van der Waals surface area contributed by atoms with Gasteiger partial charge in [0.2, 0.25) is 10.0 Å². The number of oxime groups is 1. The number of anilines is 1. The zero-order chi connectivity index (χ0) is 52.5. The van der Waals surface area contributed by atoms with Crippen LogP contribution in [-0.4, -0.2) is 93.6 Å². The second-order valence-electron chi connectivity index (χ2n) is 16.9. The highest BCUT2D eigenvalue weighted by Crippen LogP contribution is 2.43. The first-order valence-corrected chi connectivity index (χ1v) is 27.8. The fraction of sp³-hybridized carbons (Fsp3) is 0.170.